The predicted molar refractivity (Wildman–Crippen MR) is 69.7 cm³/mol. The van der Waals surface area contributed by atoms with Gasteiger partial charge in [-0.25, -0.2) is 8.78 Å². The van der Waals surface area contributed by atoms with Gasteiger partial charge in [0.1, 0.15) is 17.4 Å². The minimum absolute atomic E-state index is 0.146. The zero-order valence-corrected chi connectivity index (χ0v) is 10.9. The number of rotatable bonds is 4. The number of carbonyl (C=O) groups excluding carboxylic acids is 1. The Morgan fingerprint density at radius 2 is 1.74 bits per heavy atom. The van der Waals surface area contributed by atoms with Crippen LogP contribution in [0.5, 0.6) is 0 Å². The molecule has 19 heavy (non-hydrogen) atoms. The van der Waals surface area contributed by atoms with Crippen LogP contribution in [0.15, 0.2) is 18.2 Å². The first-order valence-electron chi connectivity index (χ1n) is 6.74. The molecule has 2 N–H and O–H groups in total. The molecule has 0 radical (unpaired) electrons. The van der Waals surface area contributed by atoms with E-state index in [4.69, 9.17) is 5.73 Å². The second kappa shape index (κ2) is 5.78. The molecule has 1 saturated carbocycles. The third-order valence-electron chi connectivity index (χ3n) is 3.83. The van der Waals surface area contributed by atoms with E-state index >= 15 is 0 Å². The van der Waals surface area contributed by atoms with Crippen molar-refractivity contribution in [2.75, 3.05) is 0 Å². The second-order valence-electron chi connectivity index (χ2n) is 5.52. The third kappa shape index (κ3) is 3.60. The molecule has 1 fully saturated rings. The lowest BCUT2D eigenvalue weighted by molar-refractivity contribution is -0.119. The summed E-state index contributed by atoms with van der Waals surface area (Å²) in [5.74, 6) is -1.51. The van der Waals surface area contributed by atoms with Crippen LogP contribution in [0.3, 0.4) is 0 Å². The molecule has 0 heterocycles. The normalized spacial score (nSPS) is 18.3. The highest BCUT2D eigenvalue weighted by Gasteiger charge is 2.30. The number of Topliss-reactive ketones (excluding diaryl/α,β-unsaturated/α-hetero) is 1. The first-order valence-corrected chi connectivity index (χ1v) is 6.74. The Kier molecular flexibility index (Phi) is 4.30. The maximum absolute atomic E-state index is 13.5. The Hall–Kier alpha value is -1.29. The van der Waals surface area contributed by atoms with Crippen molar-refractivity contribution < 1.29 is 13.6 Å². The molecule has 0 aliphatic heterocycles. The molecule has 2 nitrogen and oxygen atoms in total. The number of ketones is 1. The minimum Gasteiger partial charge on any atom is -0.325 e. The lowest BCUT2D eigenvalue weighted by Gasteiger charge is -2.32. The van der Waals surface area contributed by atoms with Gasteiger partial charge >= 0.3 is 0 Å². The van der Waals surface area contributed by atoms with Crippen molar-refractivity contribution in [3.63, 3.8) is 0 Å². The summed E-state index contributed by atoms with van der Waals surface area (Å²) in [6.07, 6.45) is 4.83. The molecule has 0 spiro atoms. The molecule has 1 aromatic rings. The van der Waals surface area contributed by atoms with Gasteiger partial charge in [-0.1, -0.05) is 25.3 Å². The van der Waals surface area contributed by atoms with Crippen molar-refractivity contribution in [3.05, 3.63) is 35.4 Å². The van der Waals surface area contributed by atoms with Gasteiger partial charge in [0.25, 0.3) is 0 Å². The monoisotopic (exact) mass is 267 g/mol. The van der Waals surface area contributed by atoms with Crippen molar-refractivity contribution in [2.45, 2.75) is 50.5 Å². The smallest absolute Gasteiger partial charge is 0.139 e. The van der Waals surface area contributed by atoms with E-state index in [9.17, 15) is 13.6 Å². The van der Waals surface area contributed by atoms with Crippen LogP contribution >= 0.6 is 0 Å². The van der Waals surface area contributed by atoms with Gasteiger partial charge in [0.05, 0.1) is 0 Å². The van der Waals surface area contributed by atoms with Crippen molar-refractivity contribution in [1.29, 1.82) is 0 Å². The number of hydrogen-bond donors (Lipinski definition) is 1. The van der Waals surface area contributed by atoms with Crippen LogP contribution in [0.25, 0.3) is 0 Å². The van der Waals surface area contributed by atoms with Crippen molar-refractivity contribution in [3.8, 4) is 0 Å². The summed E-state index contributed by atoms with van der Waals surface area (Å²) < 4.78 is 26.9. The van der Waals surface area contributed by atoms with E-state index in [1.54, 1.807) is 0 Å². The van der Waals surface area contributed by atoms with E-state index in [2.05, 4.69) is 0 Å². The predicted octanol–water partition coefficient (Wildman–Crippen LogP) is 3.13. The molecule has 0 bridgehead atoms. The largest absolute Gasteiger partial charge is 0.325 e. The van der Waals surface area contributed by atoms with Gasteiger partial charge < -0.3 is 5.73 Å². The highest BCUT2D eigenvalue weighted by atomic mass is 19.1. The van der Waals surface area contributed by atoms with Crippen LogP contribution in [-0.2, 0) is 11.2 Å². The maximum Gasteiger partial charge on any atom is 0.139 e. The lowest BCUT2D eigenvalue weighted by atomic mass is 9.78. The summed E-state index contributed by atoms with van der Waals surface area (Å²) in [6.45, 7) is 0. The van der Waals surface area contributed by atoms with E-state index < -0.39 is 17.2 Å². The third-order valence-corrected chi connectivity index (χ3v) is 3.83. The van der Waals surface area contributed by atoms with E-state index in [-0.39, 0.29) is 24.2 Å². The van der Waals surface area contributed by atoms with Gasteiger partial charge in [-0.05, 0) is 25.0 Å². The Morgan fingerprint density at radius 1 is 1.16 bits per heavy atom. The zero-order valence-electron chi connectivity index (χ0n) is 10.9. The van der Waals surface area contributed by atoms with E-state index in [0.29, 0.717) is 0 Å². The second-order valence-corrected chi connectivity index (χ2v) is 5.52. The highest BCUT2D eigenvalue weighted by Crippen LogP contribution is 2.29. The molecule has 1 aromatic carbocycles. The molecule has 0 amide bonds. The molecular formula is C15H19F2NO. The molecule has 0 unspecified atom stereocenters. The molecule has 0 saturated heterocycles. The molecule has 104 valence electrons. The molecule has 1 aliphatic rings. The van der Waals surface area contributed by atoms with Crippen LogP contribution in [0.4, 0.5) is 8.78 Å². The topological polar surface area (TPSA) is 43.1 Å². The molecule has 2 rings (SSSR count). The fourth-order valence-electron chi connectivity index (χ4n) is 2.79. The first kappa shape index (κ1) is 14.1. The molecular weight excluding hydrogens is 248 g/mol. The van der Waals surface area contributed by atoms with Crippen molar-refractivity contribution >= 4 is 5.78 Å². The summed E-state index contributed by atoms with van der Waals surface area (Å²) in [6, 6.07) is 3.64. The fraction of sp³-hybridized carbons (Fsp3) is 0.533. The average molecular weight is 267 g/mol. The summed E-state index contributed by atoms with van der Waals surface area (Å²) in [7, 11) is 0. The first-order chi connectivity index (χ1) is 9.00. The van der Waals surface area contributed by atoms with E-state index in [1.165, 1.54) is 18.2 Å². The Bertz CT molecular complexity index is 447. The Labute approximate surface area is 112 Å². The van der Waals surface area contributed by atoms with Gasteiger partial charge in [-0.15, -0.1) is 0 Å². The zero-order chi connectivity index (χ0) is 13.9. The molecule has 1 aliphatic carbocycles. The molecule has 0 aromatic heterocycles. The van der Waals surface area contributed by atoms with Crippen LogP contribution in [0, 0.1) is 11.6 Å². The summed E-state index contributed by atoms with van der Waals surface area (Å²) in [5.41, 5.74) is 5.56. The quantitative estimate of drug-likeness (QED) is 0.910. The summed E-state index contributed by atoms with van der Waals surface area (Å²) in [4.78, 5) is 12.0. The van der Waals surface area contributed by atoms with Gasteiger partial charge in [0.2, 0.25) is 0 Å². The van der Waals surface area contributed by atoms with Crippen LogP contribution in [0.1, 0.15) is 44.1 Å². The number of nitrogens with two attached hydrogens (primary N) is 1. The fourth-order valence-corrected chi connectivity index (χ4v) is 2.79. The van der Waals surface area contributed by atoms with E-state index in [0.717, 1.165) is 32.1 Å². The highest BCUT2D eigenvalue weighted by molar-refractivity contribution is 5.82. The van der Waals surface area contributed by atoms with Crippen molar-refractivity contribution in [1.82, 2.24) is 0 Å². The standard InChI is InChI=1S/C15H19F2NO/c16-13-5-4-6-14(17)12(13)9-11(19)10-15(18)7-2-1-3-8-15/h4-6H,1-3,7-10,18H2. The number of hydrogen-bond acceptors (Lipinski definition) is 2. The van der Waals surface area contributed by atoms with E-state index in [1.807, 2.05) is 0 Å². The van der Waals surface area contributed by atoms with Gasteiger partial charge in [0, 0.05) is 23.9 Å². The number of carbonyl (C=O) groups is 1. The molecule has 0 atom stereocenters. The minimum atomic E-state index is -0.664. The van der Waals surface area contributed by atoms with Gasteiger partial charge in [0.15, 0.2) is 0 Å². The van der Waals surface area contributed by atoms with Gasteiger partial charge in [-0.2, -0.15) is 0 Å². The Morgan fingerprint density at radius 3 is 2.32 bits per heavy atom. The Balaban J connectivity index is 2.01. The molecule has 4 heteroatoms. The maximum atomic E-state index is 13.5. The van der Waals surface area contributed by atoms with Crippen LogP contribution in [-0.4, -0.2) is 11.3 Å². The SMILES string of the molecule is NC1(CC(=O)Cc2c(F)cccc2F)CCCCC1. The number of halogens is 2. The van der Waals surface area contributed by atoms with Crippen LogP contribution < -0.4 is 5.73 Å². The summed E-state index contributed by atoms with van der Waals surface area (Å²) >= 11 is 0. The number of benzene rings is 1. The average Bonchev–Trinajstić information content (AvgIpc) is 2.34. The van der Waals surface area contributed by atoms with Crippen molar-refractivity contribution in [2.24, 2.45) is 5.73 Å². The lowest BCUT2D eigenvalue weighted by Crippen LogP contribution is -2.43. The summed E-state index contributed by atoms with van der Waals surface area (Å²) in [5, 5.41) is 0. The van der Waals surface area contributed by atoms with Gasteiger partial charge in [-0.3, -0.25) is 4.79 Å². The van der Waals surface area contributed by atoms with Crippen LogP contribution in [0.2, 0.25) is 0 Å².